The lowest BCUT2D eigenvalue weighted by molar-refractivity contribution is 1.06. The molecule has 0 bridgehead atoms. The van der Waals surface area contributed by atoms with Gasteiger partial charge in [-0.3, -0.25) is 10.3 Å². The van der Waals surface area contributed by atoms with Gasteiger partial charge in [0.2, 0.25) is 17.0 Å². The van der Waals surface area contributed by atoms with Crippen LogP contribution in [0.5, 0.6) is 0 Å². The molecule has 2 aromatic heterocycles. The number of aromatic nitrogens is 3. The maximum atomic E-state index is 5.56. The van der Waals surface area contributed by atoms with Crippen molar-refractivity contribution in [2.75, 3.05) is 21.3 Å². The van der Waals surface area contributed by atoms with Gasteiger partial charge >= 0.3 is 0 Å². The molecule has 0 saturated carbocycles. The van der Waals surface area contributed by atoms with Gasteiger partial charge in [0.1, 0.15) is 0 Å². The van der Waals surface area contributed by atoms with Gasteiger partial charge in [-0.2, -0.15) is 4.99 Å². The first kappa shape index (κ1) is 24.8. The number of pyridine rings is 1. The van der Waals surface area contributed by atoms with Crippen LogP contribution in [-0.2, 0) is 0 Å². The summed E-state index contributed by atoms with van der Waals surface area (Å²) in [4.78, 5) is 18.0. The zero-order valence-electron chi connectivity index (χ0n) is 20.9. The number of fused-ring (bicyclic) bond motifs is 1. The number of aryl methyl sites for hydroxylation is 2. The lowest BCUT2D eigenvalue weighted by Gasteiger charge is -2.13. The standard InChI is InChI=1S/C29H26N8S/c1-19-16-20(2)32-27(31-19)36-28(34-25-17-21-8-6-7-11-26(21)30-18-25)37-29(38)35-24-14-12-23(13-15-24)33-22-9-4-3-5-10-22/h3-18,33H,1-2H3,(H3,31,32,34,35,36,37,38). The van der Waals surface area contributed by atoms with Crippen molar-refractivity contribution in [2.45, 2.75) is 13.8 Å². The molecular formula is C29H26N8S. The van der Waals surface area contributed by atoms with Gasteiger partial charge in [-0.05, 0) is 80.7 Å². The van der Waals surface area contributed by atoms with Crippen molar-refractivity contribution >= 4 is 62.9 Å². The molecule has 9 heteroatoms. The van der Waals surface area contributed by atoms with Crippen molar-refractivity contribution < 1.29 is 0 Å². The van der Waals surface area contributed by atoms with Crippen LogP contribution < -0.4 is 21.3 Å². The highest BCUT2D eigenvalue weighted by Crippen LogP contribution is 2.19. The Bertz CT molecular complexity index is 1580. The van der Waals surface area contributed by atoms with E-state index >= 15 is 0 Å². The number of nitrogens with one attached hydrogen (secondary N) is 4. The summed E-state index contributed by atoms with van der Waals surface area (Å²) in [6.45, 7) is 3.83. The minimum Gasteiger partial charge on any atom is -0.356 e. The number of guanidine groups is 1. The number of hydrogen-bond donors (Lipinski definition) is 4. The number of thiocarbonyl (C=S) groups is 1. The van der Waals surface area contributed by atoms with Crippen molar-refractivity contribution in [1.82, 2.24) is 15.0 Å². The second kappa shape index (κ2) is 11.4. The third-order valence-corrected chi connectivity index (χ3v) is 5.67. The minimum absolute atomic E-state index is 0.266. The van der Waals surface area contributed by atoms with Gasteiger partial charge in [-0.25, -0.2) is 9.97 Å². The molecule has 3 aromatic carbocycles. The minimum atomic E-state index is 0.266. The summed E-state index contributed by atoms with van der Waals surface area (Å²) < 4.78 is 0. The Morgan fingerprint density at radius 1 is 0.684 bits per heavy atom. The van der Waals surface area contributed by atoms with Gasteiger partial charge in [0.05, 0.1) is 17.4 Å². The van der Waals surface area contributed by atoms with Crippen molar-refractivity contribution in [3.8, 4) is 0 Å². The highest BCUT2D eigenvalue weighted by molar-refractivity contribution is 7.80. The van der Waals surface area contributed by atoms with E-state index in [0.717, 1.165) is 45.0 Å². The van der Waals surface area contributed by atoms with Crippen molar-refractivity contribution in [2.24, 2.45) is 4.99 Å². The molecule has 4 N–H and O–H groups in total. The van der Waals surface area contributed by atoms with Crippen molar-refractivity contribution in [3.63, 3.8) is 0 Å². The first-order valence-corrected chi connectivity index (χ1v) is 12.4. The zero-order valence-corrected chi connectivity index (χ0v) is 21.8. The third kappa shape index (κ3) is 6.65. The first-order valence-electron chi connectivity index (χ1n) is 12.0. The summed E-state index contributed by atoms with van der Waals surface area (Å²) in [5, 5.41) is 14.2. The molecule has 0 unspecified atom stereocenters. The van der Waals surface area contributed by atoms with Crippen LogP contribution in [0.2, 0.25) is 0 Å². The molecule has 0 aliphatic carbocycles. The van der Waals surface area contributed by atoms with E-state index in [2.05, 4.69) is 41.2 Å². The topological polar surface area (TPSA) is 99.2 Å². The fourth-order valence-electron chi connectivity index (χ4n) is 3.83. The summed E-state index contributed by atoms with van der Waals surface area (Å²) in [5.41, 5.74) is 6.14. The SMILES string of the molecule is Cc1cc(C)nc(N/C(=N\C(=S)Nc2ccc(Nc3ccccc3)cc2)Nc2cnc3ccccc3c2)n1. The van der Waals surface area contributed by atoms with Gasteiger partial charge in [-0.15, -0.1) is 0 Å². The molecule has 0 saturated heterocycles. The molecule has 188 valence electrons. The molecule has 0 atom stereocenters. The van der Waals surface area contributed by atoms with Crippen LogP contribution in [0.1, 0.15) is 11.4 Å². The largest absolute Gasteiger partial charge is 0.356 e. The Hall–Kier alpha value is -4.89. The first-order chi connectivity index (χ1) is 18.5. The number of rotatable bonds is 5. The second-order valence-corrected chi connectivity index (χ2v) is 8.99. The fraction of sp³-hybridized carbons (Fsp3) is 0.0690. The molecule has 5 rings (SSSR count). The van der Waals surface area contributed by atoms with Gasteiger partial charge in [0.25, 0.3) is 0 Å². The summed E-state index contributed by atoms with van der Waals surface area (Å²) in [5.74, 6) is 0.786. The molecule has 0 aliphatic heterocycles. The van der Waals surface area contributed by atoms with E-state index in [0.29, 0.717) is 11.9 Å². The maximum absolute atomic E-state index is 5.56. The summed E-state index contributed by atoms with van der Waals surface area (Å²) >= 11 is 5.56. The smallest absolute Gasteiger partial charge is 0.229 e. The Morgan fingerprint density at radius 2 is 1.34 bits per heavy atom. The van der Waals surface area contributed by atoms with Crippen LogP contribution >= 0.6 is 12.2 Å². The number of hydrogen-bond acceptors (Lipinski definition) is 5. The Balaban J connectivity index is 1.34. The van der Waals surface area contributed by atoms with Gasteiger partial charge in [0.15, 0.2) is 0 Å². The maximum Gasteiger partial charge on any atom is 0.229 e. The zero-order chi connectivity index (χ0) is 26.3. The molecule has 2 heterocycles. The van der Waals surface area contributed by atoms with E-state index in [9.17, 15) is 0 Å². The van der Waals surface area contributed by atoms with E-state index in [1.807, 2.05) is 105 Å². The lowest BCUT2D eigenvalue weighted by Crippen LogP contribution is -2.26. The van der Waals surface area contributed by atoms with Crippen LogP contribution in [-0.4, -0.2) is 26.0 Å². The highest BCUT2D eigenvalue weighted by atomic mass is 32.1. The second-order valence-electron chi connectivity index (χ2n) is 8.60. The number of benzene rings is 3. The summed E-state index contributed by atoms with van der Waals surface area (Å²) in [6.07, 6.45) is 1.75. The van der Waals surface area contributed by atoms with Crippen LogP contribution in [0.15, 0.2) is 102 Å². The number of anilines is 5. The molecule has 8 nitrogen and oxygen atoms in total. The lowest BCUT2D eigenvalue weighted by atomic mass is 10.2. The van der Waals surface area contributed by atoms with E-state index in [1.54, 1.807) is 6.20 Å². The van der Waals surface area contributed by atoms with Crippen LogP contribution in [0.25, 0.3) is 10.9 Å². The monoisotopic (exact) mass is 518 g/mol. The van der Waals surface area contributed by atoms with E-state index in [1.165, 1.54) is 0 Å². The van der Waals surface area contributed by atoms with Crippen molar-refractivity contribution in [1.29, 1.82) is 0 Å². The number of aliphatic imine (C=N–C) groups is 1. The summed E-state index contributed by atoms with van der Waals surface area (Å²) in [7, 11) is 0. The number of para-hydroxylation sites is 2. The highest BCUT2D eigenvalue weighted by Gasteiger charge is 2.08. The molecular weight excluding hydrogens is 492 g/mol. The number of nitrogens with zero attached hydrogens (tertiary/aromatic N) is 4. The van der Waals surface area contributed by atoms with Crippen molar-refractivity contribution in [3.05, 3.63) is 109 Å². The van der Waals surface area contributed by atoms with E-state index < -0.39 is 0 Å². The summed E-state index contributed by atoms with van der Waals surface area (Å²) in [6, 6.07) is 29.6. The van der Waals surface area contributed by atoms with Gasteiger partial charge < -0.3 is 16.0 Å². The molecule has 5 aromatic rings. The predicted molar refractivity (Wildman–Crippen MR) is 160 cm³/mol. The van der Waals surface area contributed by atoms with Gasteiger partial charge in [-0.1, -0.05) is 36.4 Å². The van der Waals surface area contributed by atoms with E-state index in [-0.39, 0.29) is 5.11 Å². The molecule has 38 heavy (non-hydrogen) atoms. The molecule has 0 amide bonds. The molecule has 0 spiro atoms. The van der Waals surface area contributed by atoms with E-state index in [4.69, 9.17) is 12.2 Å². The fourth-order valence-corrected chi connectivity index (χ4v) is 4.04. The Labute approximate surface area is 226 Å². The molecule has 0 fully saturated rings. The Morgan fingerprint density at radius 3 is 2.11 bits per heavy atom. The van der Waals surface area contributed by atoms with Crippen LogP contribution in [0.3, 0.4) is 0 Å². The average Bonchev–Trinajstić information content (AvgIpc) is 2.90. The quantitative estimate of drug-likeness (QED) is 0.116. The average molecular weight is 519 g/mol. The van der Waals surface area contributed by atoms with Gasteiger partial charge in [0, 0.05) is 33.8 Å². The predicted octanol–water partition coefficient (Wildman–Crippen LogP) is 6.66. The third-order valence-electron chi connectivity index (χ3n) is 5.48. The molecule has 0 aliphatic rings. The normalized spacial score (nSPS) is 11.2. The van der Waals surface area contributed by atoms with Crippen LogP contribution in [0, 0.1) is 13.8 Å². The Kier molecular flexibility index (Phi) is 7.47. The molecule has 0 radical (unpaired) electrons. The van der Waals surface area contributed by atoms with Crippen LogP contribution in [0.4, 0.5) is 28.7 Å².